The zero-order chi connectivity index (χ0) is 18.6. The molecule has 1 aromatic rings. The first-order valence-corrected chi connectivity index (χ1v) is 10.6. The fourth-order valence-corrected chi connectivity index (χ4v) is 4.71. The number of hydrogen-bond donors (Lipinski definition) is 0. The van der Waals surface area contributed by atoms with E-state index in [0.29, 0.717) is 30.2 Å². The summed E-state index contributed by atoms with van der Waals surface area (Å²) in [5.41, 5.74) is 0. The summed E-state index contributed by atoms with van der Waals surface area (Å²) in [4.78, 5) is 24.2. The Morgan fingerprint density at radius 3 is 2.56 bits per heavy atom. The molecule has 27 heavy (non-hydrogen) atoms. The molecule has 0 N–H and O–H groups in total. The minimum absolute atomic E-state index is 0.160. The van der Waals surface area contributed by atoms with Gasteiger partial charge >= 0.3 is 0 Å². The lowest BCUT2D eigenvalue weighted by molar-refractivity contribution is -0.141. The minimum Gasteiger partial charge on any atom is -0.378 e. The Labute approximate surface area is 166 Å². The summed E-state index contributed by atoms with van der Waals surface area (Å²) in [6.45, 7) is 6.93. The van der Waals surface area contributed by atoms with Gasteiger partial charge in [0, 0.05) is 45.0 Å². The van der Waals surface area contributed by atoms with Gasteiger partial charge in [0.1, 0.15) is 5.82 Å². The van der Waals surface area contributed by atoms with Crippen molar-refractivity contribution in [2.24, 2.45) is 5.92 Å². The molecule has 0 aromatic carbocycles. The highest BCUT2D eigenvalue weighted by molar-refractivity contribution is 6.30. The average Bonchev–Trinajstić information content (AvgIpc) is 2.75. The van der Waals surface area contributed by atoms with Crippen LogP contribution in [0.1, 0.15) is 25.7 Å². The normalized spacial score (nSPS) is 25.6. The van der Waals surface area contributed by atoms with Gasteiger partial charge < -0.3 is 14.5 Å². The summed E-state index contributed by atoms with van der Waals surface area (Å²) < 4.78 is 5.39. The van der Waals surface area contributed by atoms with Gasteiger partial charge in [0.2, 0.25) is 5.91 Å². The number of rotatable bonds is 3. The van der Waals surface area contributed by atoms with Crippen molar-refractivity contribution in [1.29, 1.82) is 0 Å². The highest BCUT2D eigenvalue weighted by Crippen LogP contribution is 2.27. The van der Waals surface area contributed by atoms with Crippen molar-refractivity contribution in [2.45, 2.75) is 31.7 Å². The molecule has 0 unspecified atom stereocenters. The Bertz CT molecular complexity index is 627. The van der Waals surface area contributed by atoms with E-state index in [1.165, 1.54) is 0 Å². The van der Waals surface area contributed by atoms with Crippen molar-refractivity contribution in [3.8, 4) is 0 Å². The van der Waals surface area contributed by atoms with Crippen LogP contribution in [0.25, 0.3) is 0 Å². The molecule has 4 heterocycles. The van der Waals surface area contributed by atoms with Gasteiger partial charge in [-0.2, -0.15) is 0 Å². The first-order chi connectivity index (χ1) is 13.2. The molecule has 3 aliphatic rings. The van der Waals surface area contributed by atoms with Crippen molar-refractivity contribution in [3.63, 3.8) is 0 Å². The molecular formula is C20H29ClN4O2. The SMILES string of the molecule is O=C([C@@H]1CCCN(C2CCN(c3ccc(Cl)cn3)CC2)C1)N1CCOCC1. The number of pyridine rings is 1. The van der Waals surface area contributed by atoms with Crippen LogP contribution >= 0.6 is 11.6 Å². The molecule has 0 saturated carbocycles. The standard InChI is InChI=1S/C20H29ClN4O2/c21-17-3-4-19(22-14-17)23-8-5-18(6-9-23)25-7-1-2-16(15-25)20(26)24-10-12-27-13-11-24/h3-4,14,16,18H,1-2,5-13,15H2/t16-/m1/s1. The van der Waals surface area contributed by atoms with E-state index in [1.54, 1.807) is 6.20 Å². The van der Waals surface area contributed by atoms with Gasteiger partial charge in [-0.15, -0.1) is 0 Å². The summed E-state index contributed by atoms with van der Waals surface area (Å²) in [6.07, 6.45) is 6.13. The maximum absolute atomic E-state index is 12.9. The molecule has 1 amide bonds. The fourth-order valence-electron chi connectivity index (χ4n) is 4.60. The predicted molar refractivity (Wildman–Crippen MR) is 106 cm³/mol. The number of halogens is 1. The molecule has 0 aliphatic carbocycles. The van der Waals surface area contributed by atoms with Gasteiger partial charge in [-0.05, 0) is 44.4 Å². The van der Waals surface area contributed by atoms with Crippen LogP contribution in [-0.4, -0.2) is 79.2 Å². The van der Waals surface area contributed by atoms with E-state index >= 15 is 0 Å². The Hall–Kier alpha value is -1.37. The van der Waals surface area contributed by atoms with E-state index in [1.807, 2.05) is 17.0 Å². The Morgan fingerprint density at radius 1 is 1.07 bits per heavy atom. The number of carbonyl (C=O) groups is 1. The third-order valence-corrected chi connectivity index (χ3v) is 6.37. The van der Waals surface area contributed by atoms with Crippen LogP contribution < -0.4 is 4.90 Å². The van der Waals surface area contributed by atoms with Crippen LogP contribution in [0.3, 0.4) is 0 Å². The van der Waals surface area contributed by atoms with Crippen molar-refractivity contribution in [3.05, 3.63) is 23.4 Å². The third-order valence-electron chi connectivity index (χ3n) is 6.14. The number of hydrogen-bond acceptors (Lipinski definition) is 5. The van der Waals surface area contributed by atoms with Crippen LogP contribution in [0.15, 0.2) is 18.3 Å². The fraction of sp³-hybridized carbons (Fsp3) is 0.700. The van der Waals surface area contributed by atoms with E-state index in [9.17, 15) is 4.79 Å². The van der Waals surface area contributed by atoms with Crippen molar-refractivity contribution >= 4 is 23.3 Å². The zero-order valence-electron chi connectivity index (χ0n) is 15.9. The summed E-state index contributed by atoms with van der Waals surface area (Å²) in [5, 5.41) is 0.679. The smallest absolute Gasteiger partial charge is 0.227 e. The summed E-state index contributed by atoms with van der Waals surface area (Å²) in [5.74, 6) is 1.51. The highest BCUT2D eigenvalue weighted by Gasteiger charge is 2.34. The van der Waals surface area contributed by atoms with Crippen molar-refractivity contribution in [2.75, 3.05) is 57.4 Å². The van der Waals surface area contributed by atoms with Gasteiger partial charge in [0.25, 0.3) is 0 Å². The predicted octanol–water partition coefficient (Wildman–Crippen LogP) is 2.27. The van der Waals surface area contributed by atoms with Crippen molar-refractivity contribution in [1.82, 2.24) is 14.8 Å². The zero-order valence-corrected chi connectivity index (χ0v) is 16.6. The lowest BCUT2D eigenvalue weighted by Gasteiger charge is -2.43. The second kappa shape index (κ2) is 8.76. The molecule has 1 aromatic heterocycles. The van der Waals surface area contributed by atoms with Crippen LogP contribution in [0.4, 0.5) is 5.82 Å². The van der Waals surface area contributed by atoms with Crippen LogP contribution in [0.2, 0.25) is 5.02 Å². The van der Waals surface area contributed by atoms with Crippen LogP contribution in [0.5, 0.6) is 0 Å². The van der Waals surface area contributed by atoms with Gasteiger partial charge in [0.05, 0.1) is 24.2 Å². The second-order valence-corrected chi connectivity index (χ2v) is 8.26. The van der Waals surface area contributed by atoms with Crippen LogP contribution in [-0.2, 0) is 9.53 Å². The number of piperidine rings is 2. The first kappa shape index (κ1) is 19.0. The first-order valence-electron chi connectivity index (χ1n) is 10.2. The van der Waals surface area contributed by atoms with E-state index in [4.69, 9.17) is 16.3 Å². The molecule has 6 nitrogen and oxygen atoms in total. The molecule has 3 saturated heterocycles. The lowest BCUT2D eigenvalue weighted by atomic mass is 9.92. The van der Waals surface area contributed by atoms with Gasteiger partial charge in [-0.25, -0.2) is 4.98 Å². The topological polar surface area (TPSA) is 48.9 Å². The third kappa shape index (κ3) is 4.55. The Kier molecular flexibility index (Phi) is 6.15. The number of aromatic nitrogens is 1. The van der Waals surface area contributed by atoms with Crippen molar-refractivity contribution < 1.29 is 9.53 Å². The van der Waals surface area contributed by atoms with Gasteiger partial charge in [-0.1, -0.05) is 11.6 Å². The molecule has 3 aliphatic heterocycles. The monoisotopic (exact) mass is 392 g/mol. The largest absolute Gasteiger partial charge is 0.378 e. The molecule has 1 atom stereocenters. The Balaban J connectivity index is 1.30. The highest BCUT2D eigenvalue weighted by atomic mass is 35.5. The van der Waals surface area contributed by atoms with Gasteiger partial charge in [-0.3, -0.25) is 9.69 Å². The molecule has 0 spiro atoms. The molecule has 0 bridgehead atoms. The number of nitrogens with zero attached hydrogens (tertiary/aromatic N) is 4. The van der Waals surface area contributed by atoms with Crippen LogP contribution in [0, 0.1) is 5.92 Å². The summed E-state index contributed by atoms with van der Waals surface area (Å²) in [6, 6.07) is 4.48. The number of amides is 1. The molecular weight excluding hydrogens is 364 g/mol. The number of ether oxygens (including phenoxy) is 1. The maximum atomic E-state index is 12.9. The molecule has 148 valence electrons. The van der Waals surface area contributed by atoms with E-state index in [2.05, 4.69) is 14.8 Å². The number of anilines is 1. The summed E-state index contributed by atoms with van der Waals surface area (Å²) in [7, 11) is 0. The van der Waals surface area contributed by atoms with E-state index < -0.39 is 0 Å². The number of morpholine rings is 1. The lowest BCUT2D eigenvalue weighted by Crippen LogP contribution is -2.52. The van der Waals surface area contributed by atoms with Gasteiger partial charge in [0.15, 0.2) is 0 Å². The molecule has 7 heteroatoms. The molecule has 3 fully saturated rings. The number of likely N-dealkylation sites (tertiary alicyclic amines) is 1. The average molecular weight is 393 g/mol. The molecule has 4 rings (SSSR count). The quantitative estimate of drug-likeness (QED) is 0.789. The summed E-state index contributed by atoms with van der Waals surface area (Å²) >= 11 is 5.94. The van der Waals surface area contributed by atoms with E-state index in [-0.39, 0.29) is 5.92 Å². The minimum atomic E-state index is 0.160. The number of carbonyl (C=O) groups excluding carboxylic acids is 1. The Morgan fingerprint density at radius 2 is 1.85 bits per heavy atom. The molecule has 0 radical (unpaired) electrons. The second-order valence-electron chi connectivity index (χ2n) is 7.82. The van der Waals surface area contributed by atoms with E-state index in [0.717, 1.165) is 70.8 Å². The maximum Gasteiger partial charge on any atom is 0.227 e.